The van der Waals surface area contributed by atoms with Crippen LogP contribution in [0, 0.1) is 6.92 Å². The third-order valence-electron chi connectivity index (χ3n) is 3.48. The fourth-order valence-electron chi connectivity index (χ4n) is 2.26. The van der Waals surface area contributed by atoms with Crippen LogP contribution in [0.1, 0.15) is 11.1 Å². The van der Waals surface area contributed by atoms with E-state index in [1.807, 2.05) is 31.2 Å². The molecular formula is C17H15F3N4S. The Morgan fingerprint density at radius 2 is 1.68 bits per heavy atom. The summed E-state index contributed by atoms with van der Waals surface area (Å²) in [4.78, 5) is 3.88. The number of aryl methyl sites for hydroxylation is 1. The van der Waals surface area contributed by atoms with Crippen LogP contribution in [0.5, 0.6) is 0 Å². The molecule has 3 rings (SSSR count). The molecule has 0 saturated carbocycles. The Kier molecular flexibility index (Phi) is 5.08. The standard InChI is InChI=1S/C17H15F3N4S/c1-12-2-4-13(5-3-12)10-25-16-23-22-15(14-6-8-21-9-7-14)24(16)11-17(18,19)20/h2-9H,10-11H2,1H3. The molecule has 8 heteroatoms. The zero-order chi connectivity index (χ0) is 17.9. The average Bonchev–Trinajstić information content (AvgIpc) is 2.96. The molecule has 0 unspecified atom stereocenters. The van der Waals surface area contributed by atoms with Gasteiger partial charge in [-0.1, -0.05) is 41.6 Å². The summed E-state index contributed by atoms with van der Waals surface area (Å²) in [6.07, 6.45) is -1.33. The van der Waals surface area contributed by atoms with Gasteiger partial charge in [0.2, 0.25) is 0 Å². The Hall–Kier alpha value is -2.35. The van der Waals surface area contributed by atoms with Crippen LogP contribution in [0.15, 0.2) is 53.9 Å². The molecule has 0 N–H and O–H groups in total. The van der Waals surface area contributed by atoms with Gasteiger partial charge < -0.3 is 0 Å². The fourth-order valence-corrected chi connectivity index (χ4v) is 3.16. The van der Waals surface area contributed by atoms with Gasteiger partial charge in [-0.15, -0.1) is 10.2 Å². The lowest BCUT2D eigenvalue weighted by Crippen LogP contribution is -2.19. The zero-order valence-corrected chi connectivity index (χ0v) is 14.2. The summed E-state index contributed by atoms with van der Waals surface area (Å²) in [7, 11) is 0. The third-order valence-corrected chi connectivity index (χ3v) is 4.52. The van der Waals surface area contributed by atoms with Crippen molar-refractivity contribution in [2.45, 2.75) is 30.6 Å². The first-order valence-corrected chi connectivity index (χ1v) is 8.49. The van der Waals surface area contributed by atoms with E-state index in [1.54, 1.807) is 12.1 Å². The van der Waals surface area contributed by atoms with Crippen molar-refractivity contribution < 1.29 is 13.2 Å². The molecule has 2 heterocycles. The minimum atomic E-state index is -4.36. The molecule has 0 bridgehead atoms. The number of alkyl halides is 3. The summed E-state index contributed by atoms with van der Waals surface area (Å²) >= 11 is 1.24. The Morgan fingerprint density at radius 3 is 2.32 bits per heavy atom. The Balaban J connectivity index is 1.87. The average molecular weight is 364 g/mol. The van der Waals surface area contributed by atoms with Gasteiger partial charge in [-0.2, -0.15) is 13.2 Å². The number of pyridine rings is 1. The molecule has 1 aromatic carbocycles. The number of nitrogens with zero attached hydrogens (tertiary/aromatic N) is 4. The van der Waals surface area contributed by atoms with Gasteiger partial charge in [-0.25, -0.2) is 0 Å². The molecule has 0 radical (unpaired) electrons. The van der Waals surface area contributed by atoms with Crippen molar-refractivity contribution in [3.05, 3.63) is 59.9 Å². The number of hydrogen-bond acceptors (Lipinski definition) is 4. The summed E-state index contributed by atoms with van der Waals surface area (Å²) < 4.78 is 40.1. The van der Waals surface area contributed by atoms with Gasteiger partial charge in [0.15, 0.2) is 11.0 Å². The van der Waals surface area contributed by atoms with Crippen LogP contribution >= 0.6 is 11.8 Å². The molecule has 0 aliphatic heterocycles. The van der Waals surface area contributed by atoms with Crippen LogP contribution in [0.4, 0.5) is 13.2 Å². The fraction of sp³-hybridized carbons (Fsp3) is 0.235. The monoisotopic (exact) mass is 364 g/mol. The number of halogens is 3. The molecule has 0 spiro atoms. The molecule has 130 valence electrons. The van der Waals surface area contributed by atoms with Crippen LogP contribution < -0.4 is 0 Å². The van der Waals surface area contributed by atoms with E-state index >= 15 is 0 Å². The van der Waals surface area contributed by atoms with E-state index in [0.717, 1.165) is 15.7 Å². The second-order valence-electron chi connectivity index (χ2n) is 5.52. The first-order valence-electron chi connectivity index (χ1n) is 7.51. The molecule has 0 aliphatic carbocycles. The number of rotatable bonds is 5. The molecule has 25 heavy (non-hydrogen) atoms. The highest BCUT2D eigenvalue weighted by Gasteiger charge is 2.31. The van der Waals surface area contributed by atoms with Gasteiger partial charge in [0, 0.05) is 23.7 Å². The van der Waals surface area contributed by atoms with E-state index in [0.29, 0.717) is 11.3 Å². The van der Waals surface area contributed by atoms with Crippen molar-refractivity contribution in [3.63, 3.8) is 0 Å². The summed E-state index contributed by atoms with van der Waals surface area (Å²) in [5, 5.41) is 8.17. The molecule has 3 aromatic rings. The number of aromatic nitrogens is 4. The van der Waals surface area contributed by atoms with Crippen molar-refractivity contribution >= 4 is 11.8 Å². The highest BCUT2D eigenvalue weighted by Crippen LogP contribution is 2.29. The summed E-state index contributed by atoms with van der Waals surface area (Å²) in [5.74, 6) is 0.707. The maximum absolute atomic E-state index is 13.0. The Labute approximate surface area is 147 Å². The van der Waals surface area contributed by atoms with E-state index in [1.165, 1.54) is 24.2 Å². The Bertz CT molecular complexity index is 829. The number of benzene rings is 1. The highest BCUT2D eigenvalue weighted by molar-refractivity contribution is 7.98. The molecule has 0 aliphatic rings. The quantitative estimate of drug-likeness (QED) is 0.625. The van der Waals surface area contributed by atoms with E-state index in [2.05, 4.69) is 15.2 Å². The largest absolute Gasteiger partial charge is 0.406 e. The number of thioether (sulfide) groups is 1. The third kappa shape index (κ3) is 4.60. The molecule has 0 amide bonds. The van der Waals surface area contributed by atoms with Gasteiger partial charge in [0.1, 0.15) is 6.54 Å². The molecule has 4 nitrogen and oxygen atoms in total. The van der Waals surface area contributed by atoms with Crippen molar-refractivity contribution in [2.75, 3.05) is 0 Å². The number of hydrogen-bond donors (Lipinski definition) is 0. The second-order valence-corrected chi connectivity index (χ2v) is 6.46. The van der Waals surface area contributed by atoms with Crippen LogP contribution in [0.25, 0.3) is 11.4 Å². The van der Waals surface area contributed by atoms with Crippen LogP contribution in [0.2, 0.25) is 0 Å². The summed E-state index contributed by atoms with van der Waals surface area (Å²) in [6, 6.07) is 11.1. The van der Waals surface area contributed by atoms with Crippen molar-refractivity contribution in [1.82, 2.24) is 19.7 Å². The predicted molar refractivity (Wildman–Crippen MR) is 90.0 cm³/mol. The first kappa shape index (κ1) is 17.5. The smallest absolute Gasteiger partial charge is 0.293 e. The SMILES string of the molecule is Cc1ccc(CSc2nnc(-c3ccncc3)n2CC(F)(F)F)cc1. The van der Waals surface area contributed by atoms with E-state index < -0.39 is 12.7 Å². The molecule has 0 saturated heterocycles. The minimum Gasteiger partial charge on any atom is -0.293 e. The minimum absolute atomic E-state index is 0.186. The highest BCUT2D eigenvalue weighted by atomic mass is 32.2. The normalized spacial score (nSPS) is 11.7. The zero-order valence-electron chi connectivity index (χ0n) is 13.4. The molecule has 2 aromatic heterocycles. The molecule has 0 atom stereocenters. The lowest BCUT2D eigenvalue weighted by molar-refractivity contribution is -0.141. The van der Waals surface area contributed by atoms with Gasteiger partial charge in [-0.3, -0.25) is 9.55 Å². The molecular weight excluding hydrogens is 349 g/mol. The van der Waals surface area contributed by atoms with Gasteiger partial charge in [0.25, 0.3) is 0 Å². The first-order chi connectivity index (χ1) is 11.9. The van der Waals surface area contributed by atoms with Crippen molar-refractivity contribution in [3.8, 4) is 11.4 Å². The van der Waals surface area contributed by atoms with E-state index in [-0.39, 0.29) is 11.0 Å². The van der Waals surface area contributed by atoms with E-state index in [9.17, 15) is 13.2 Å². The molecule has 0 fully saturated rings. The van der Waals surface area contributed by atoms with Gasteiger partial charge in [-0.05, 0) is 24.6 Å². The van der Waals surface area contributed by atoms with Crippen LogP contribution in [-0.4, -0.2) is 25.9 Å². The van der Waals surface area contributed by atoms with Gasteiger partial charge >= 0.3 is 6.18 Å². The maximum atomic E-state index is 13.0. The lowest BCUT2D eigenvalue weighted by Gasteiger charge is -2.12. The Morgan fingerprint density at radius 1 is 1.00 bits per heavy atom. The summed E-state index contributed by atoms with van der Waals surface area (Å²) in [6.45, 7) is 0.853. The van der Waals surface area contributed by atoms with Gasteiger partial charge in [0.05, 0.1) is 0 Å². The topological polar surface area (TPSA) is 43.6 Å². The second kappa shape index (κ2) is 7.26. The van der Waals surface area contributed by atoms with Crippen molar-refractivity contribution in [1.29, 1.82) is 0 Å². The predicted octanol–water partition coefficient (Wildman–Crippen LogP) is 4.50. The summed E-state index contributed by atoms with van der Waals surface area (Å²) in [5.41, 5.74) is 2.70. The van der Waals surface area contributed by atoms with Crippen molar-refractivity contribution in [2.24, 2.45) is 0 Å². The van der Waals surface area contributed by atoms with Crippen LogP contribution in [0.3, 0.4) is 0 Å². The maximum Gasteiger partial charge on any atom is 0.406 e. The van der Waals surface area contributed by atoms with E-state index in [4.69, 9.17) is 0 Å². The van der Waals surface area contributed by atoms with Crippen LogP contribution in [-0.2, 0) is 12.3 Å². The lowest BCUT2D eigenvalue weighted by atomic mass is 10.2.